The van der Waals surface area contributed by atoms with E-state index in [1.807, 2.05) is 0 Å². The van der Waals surface area contributed by atoms with Crippen LogP contribution in [0.4, 0.5) is 17.1 Å². The Hall–Kier alpha value is -7.16. The van der Waals surface area contributed by atoms with Crippen molar-refractivity contribution in [1.29, 1.82) is 0 Å². The van der Waals surface area contributed by atoms with E-state index in [1.165, 1.54) is 49.9 Å². The van der Waals surface area contributed by atoms with Gasteiger partial charge in [0.2, 0.25) is 0 Å². The summed E-state index contributed by atoms with van der Waals surface area (Å²) in [5.41, 5.74) is 17.5. The minimum atomic E-state index is -0.103. The maximum Gasteiger partial charge on any atom is 0.143 e. The molecule has 9 aromatic carbocycles. The van der Waals surface area contributed by atoms with Gasteiger partial charge in [-0.25, -0.2) is 0 Å². The van der Waals surface area contributed by atoms with Gasteiger partial charge in [-0.1, -0.05) is 172 Å². The Labute approximate surface area is 332 Å². The van der Waals surface area contributed by atoms with Crippen LogP contribution >= 0.6 is 0 Å². The predicted molar refractivity (Wildman–Crippen MR) is 240 cm³/mol. The Morgan fingerprint density at radius 2 is 1.09 bits per heavy atom. The Morgan fingerprint density at radius 3 is 1.96 bits per heavy atom. The van der Waals surface area contributed by atoms with Gasteiger partial charge in [0, 0.05) is 38.5 Å². The van der Waals surface area contributed by atoms with Crippen molar-refractivity contribution in [1.82, 2.24) is 0 Å². The van der Waals surface area contributed by atoms with Crippen LogP contribution in [0.5, 0.6) is 0 Å². The van der Waals surface area contributed by atoms with Crippen LogP contribution < -0.4 is 4.90 Å². The van der Waals surface area contributed by atoms with Gasteiger partial charge in [-0.3, -0.25) is 0 Å². The minimum Gasteiger partial charge on any atom is -0.455 e. The maximum atomic E-state index is 6.67. The number of rotatable bonds is 6. The summed E-state index contributed by atoms with van der Waals surface area (Å²) in [4.78, 5) is 2.41. The van der Waals surface area contributed by atoms with E-state index in [0.717, 1.165) is 55.5 Å². The molecular formula is C55H39NO. The van der Waals surface area contributed by atoms with Gasteiger partial charge in [-0.05, 0) is 97.9 Å². The minimum absolute atomic E-state index is 0.103. The van der Waals surface area contributed by atoms with Gasteiger partial charge in [0.15, 0.2) is 0 Å². The van der Waals surface area contributed by atoms with Crippen molar-refractivity contribution in [2.75, 3.05) is 4.90 Å². The molecule has 0 saturated carbocycles. The van der Waals surface area contributed by atoms with Crippen LogP contribution in [-0.4, -0.2) is 0 Å². The first-order chi connectivity index (χ1) is 28.0. The third-order valence-corrected chi connectivity index (χ3v) is 12.1. The number of furan rings is 1. The number of anilines is 3. The van der Waals surface area contributed by atoms with Gasteiger partial charge in [0.25, 0.3) is 0 Å². The molecule has 0 aliphatic heterocycles. The number of benzene rings is 9. The van der Waals surface area contributed by atoms with Gasteiger partial charge in [-0.15, -0.1) is 0 Å². The van der Waals surface area contributed by atoms with Crippen LogP contribution in [0.2, 0.25) is 0 Å². The van der Waals surface area contributed by atoms with E-state index in [4.69, 9.17) is 4.42 Å². The zero-order valence-corrected chi connectivity index (χ0v) is 31.9. The standard InChI is InChI=1S/C55H39NO/c1-55(2)49-26-10-8-21-44(49)47-25-13-23-42(53(47)55)38-29-32-40(33-30-38)56(41-19-12-18-39(35-41)36-15-4-3-5-16-36)50-27-11-9-22-45(50)46-24-14-28-51-52(46)48-34-31-37-17-6-7-20-43(37)54(48)57-51/h3-35H,1-2H3. The van der Waals surface area contributed by atoms with Crippen LogP contribution in [0.3, 0.4) is 0 Å². The van der Waals surface area contributed by atoms with Crippen molar-refractivity contribution < 1.29 is 4.42 Å². The predicted octanol–water partition coefficient (Wildman–Crippen LogP) is 15.5. The molecule has 11 rings (SSSR count). The normalized spacial score (nSPS) is 12.9. The molecule has 0 saturated heterocycles. The Morgan fingerprint density at radius 1 is 0.421 bits per heavy atom. The third-order valence-electron chi connectivity index (χ3n) is 12.1. The fourth-order valence-electron chi connectivity index (χ4n) is 9.44. The highest BCUT2D eigenvalue weighted by atomic mass is 16.3. The van der Waals surface area contributed by atoms with Crippen LogP contribution in [0, 0.1) is 0 Å². The highest BCUT2D eigenvalue weighted by Gasteiger charge is 2.37. The number of hydrogen-bond donors (Lipinski definition) is 0. The van der Waals surface area contributed by atoms with Crippen molar-refractivity contribution in [3.63, 3.8) is 0 Å². The molecule has 1 aliphatic carbocycles. The van der Waals surface area contributed by atoms with E-state index in [1.54, 1.807) is 0 Å². The molecular weight excluding hydrogens is 691 g/mol. The lowest BCUT2D eigenvalue weighted by atomic mass is 9.79. The molecule has 2 nitrogen and oxygen atoms in total. The molecule has 0 radical (unpaired) electrons. The third kappa shape index (κ3) is 5.25. The molecule has 0 unspecified atom stereocenters. The highest BCUT2D eigenvalue weighted by molar-refractivity contribution is 6.19. The monoisotopic (exact) mass is 729 g/mol. The van der Waals surface area contributed by atoms with Crippen LogP contribution in [0.25, 0.3) is 77.2 Å². The molecule has 270 valence electrons. The van der Waals surface area contributed by atoms with Crippen LogP contribution in [0.1, 0.15) is 25.0 Å². The molecule has 0 bridgehead atoms. The van der Waals surface area contributed by atoms with E-state index < -0.39 is 0 Å². The Balaban J connectivity index is 1.10. The average molecular weight is 730 g/mol. The zero-order chi connectivity index (χ0) is 38.1. The quantitative estimate of drug-likeness (QED) is 0.169. The van der Waals surface area contributed by atoms with E-state index in [9.17, 15) is 0 Å². The fraction of sp³-hybridized carbons (Fsp3) is 0.0545. The Kier molecular flexibility index (Phi) is 7.55. The van der Waals surface area contributed by atoms with E-state index >= 15 is 0 Å². The van der Waals surface area contributed by atoms with Gasteiger partial charge in [-0.2, -0.15) is 0 Å². The van der Waals surface area contributed by atoms with Crippen molar-refractivity contribution >= 4 is 49.8 Å². The molecule has 1 aromatic heterocycles. The van der Waals surface area contributed by atoms with E-state index in [-0.39, 0.29) is 5.41 Å². The molecule has 57 heavy (non-hydrogen) atoms. The summed E-state index contributed by atoms with van der Waals surface area (Å²) in [7, 11) is 0. The largest absolute Gasteiger partial charge is 0.455 e. The number of hydrogen-bond acceptors (Lipinski definition) is 2. The number of fused-ring (bicyclic) bond motifs is 8. The fourth-order valence-corrected chi connectivity index (χ4v) is 9.44. The van der Waals surface area contributed by atoms with Gasteiger partial charge in [0.1, 0.15) is 11.2 Å². The summed E-state index contributed by atoms with van der Waals surface area (Å²) in [6, 6.07) is 72.5. The molecule has 1 heterocycles. The van der Waals surface area contributed by atoms with E-state index in [0.29, 0.717) is 0 Å². The summed E-state index contributed by atoms with van der Waals surface area (Å²) < 4.78 is 6.67. The molecule has 1 aliphatic rings. The first kappa shape index (κ1) is 33.2. The molecule has 2 heteroatoms. The summed E-state index contributed by atoms with van der Waals surface area (Å²) in [6.07, 6.45) is 0. The first-order valence-corrected chi connectivity index (χ1v) is 19.8. The highest BCUT2D eigenvalue weighted by Crippen LogP contribution is 2.52. The SMILES string of the molecule is CC1(C)c2ccccc2-c2cccc(-c3ccc(N(c4cccc(-c5ccccc5)c4)c4ccccc4-c4cccc5oc6c7ccccc7ccc6c45)cc3)c21. The van der Waals surface area contributed by atoms with Crippen LogP contribution in [0.15, 0.2) is 205 Å². The van der Waals surface area contributed by atoms with Gasteiger partial charge in [0.05, 0.1) is 5.69 Å². The summed E-state index contributed by atoms with van der Waals surface area (Å²) in [5.74, 6) is 0. The lowest BCUT2D eigenvalue weighted by Gasteiger charge is -2.29. The van der Waals surface area contributed by atoms with Crippen molar-refractivity contribution in [3.05, 3.63) is 211 Å². The van der Waals surface area contributed by atoms with Crippen molar-refractivity contribution in [2.24, 2.45) is 0 Å². The average Bonchev–Trinajstić information content (AvgIpc) is 3.77. The van der Waals surface area contributed by atoms with Crippen LogP contribution in [-0.2, 0) is 5.41 Å². The van der Waals surface area contributed by atoms with Gasteiger partial charge >= 0.3 is 0 Å². The summed E-state index contributed by atoms with van der Waals surface area (Å²) in [6.45, 7) is 4.72. The second kappa shape index (κ2) is 13.0. The number of para-hydroxylation sites is 1. The second-order valence-corrected chi connectivity index (χ2v) is 15.7. The van der Waals surface area contributed by atoms with E-state index in [2.05, 4.69) is 219 Å². The first-order valence-electron chi connectivity index (χ1n) is 19.8. The van der Waals surface area contributed by atoms with Crippen molar-refractivity contribution in [3.8, 4) is 44.5 Å². The van der Waals surface area contributed by atoms with Crippen molar-refractivity contribution in [2.45, 2.75) is 19.3 Å². The maximum absolute atomic E-state index is 6.67. The summed E-state index contributed by atoms with van der Waals surface area (Å²) in [5, 5.41) is 4.55. The second-order valence-electron chi connectivity index (χ2n) is 15.7. The number of nitrogens with zero attached hydrogens (tertiary/aromatic N) is 1. The molecule has 10 aromatic rings. The Bertz CT molecular complexity index is 3150. The molecule has 0 amide bonds. The molecule has 0 spiro atoms. The molecule has 0 atom stereocenters. The smallest absolute Gasteiger partial charge is 0.143 e. The zero-order valence-electron chi connectivity index (χ0n) is 31.9. The lowest BCUT2D eigenvalue weighted by molar-refractivity contribution is 0.662. The topological polar surface area (TPSA) is 16.4 Å². The lowest BCUT2D eigenvalue weighted by Crippen LogP contribution is -2.16. The molecule has 0 fully saturated rings. The summed E-state index contributed by atoms with van der Waals surface area (Å²) >= 11 is 0. The van der Waals surface area contributed by atoms with Gasteiger partial charge < -0.3 is 9.32 Å². The molecule has 0 N–H and O–H groups in total.